The second-order valence-electron chi connectivity index (χ2n) is 4.94. The Bertz CT molecular complexity index is 569. The van der Waals surface area contributed by atoms with Gasteiger partial charge in [-0.3, -0.25) is 0 Å². The average Bonchev–Trinajstić information content (AvgIpc) is 3.13. The number of hydrogen-bond donors (Lipinski definition) is 0. The monoisotopic (exact) mass is 315 g/mol. The minimum atomic E-state index is -3.44. The Morgan fingerprint density at radius 1 is 1.55 bits per heavy atom. The van der Waals surface area contributed by atoms with Crippen LogP contribution in [0.25, 0.3) is 0 Å². The first kappa shape index (κ1) is 14.2. The Morgan fingerprint density at radius 2 is 2.40 bits per heavy atom. The van der Waals surface area contributed by atoms with E-state index in [1.807, 2.05) is 0 Å². The largest absolute Gasteiger partial charge is 0.379 e. The minimum absolute atomic E-state index is 0.114. The van der Waals surface area contributed by atoms with E-state index in [2.05, 4.69) is 6.58 Å². The molecule has 110 valence electrons. The lowest BCUT2D eigenvalue weighted by molar-refractivity contribution is 0.0395. The molecule has 20 heavy (non-hydrogen) atoms. The topological polar surface area (TPSA) is 55.8 Å². The van der Waals surface area contributed by atoms with Gasteiger partial charge < -0.3 is 9.47 Å². The molecule has 1 aromatic heterocycles. The zero-order valence-corrected chi connectivity index (χ0v) is 12.6. The highest BCUT2D eigenvalue weighted by Crippen LogP contribution is 2.36. The van der Waals surface area contributed by atoms with Crippen LogP contribution < -0.4 is 0 Å². The highest BCUT2D eigenvalue weighted by Gasteiger charge is 2.50. The fourth-order valence-corrected chi connectivity index (χ4v) is 5.62. The van der Waals surface area contributed by atoms with Crippen LogP contribution in [0.4, 0.5) is 0 Å². The zero-order chi connectivity index (χ0) is 14.2. The average molecular weight is 315 g/mol. The van der Waals surface area contributed by atoms with Gasteiger partial charge in [0.15, 0.2) is 0 Å². The van der Waals surface area contributed by atoms with Gasteiger partial charge in [-0.1, -0.05) is 12.1 Å². The second kappa shape index (κ2) is 5.57. The lowest BCUT2D eigenvalue weighted by Gasteiger charge is -2.20. The van der Waals surface area contributed by atoms with E-state index in [0.29, 0.717) is 30.6 Å². The van der Waals surface area contributed by atoms with E-state index in [1.54, 1.807) is 27.9 Å². The van der Waals surface area contributed by atoms with Crippen molar-refractivity contribution < 1.29 is 17.9 Å². The third kappa shape index (κ3) is 2.33. The summed E-state index contributed by atoms with van der Waals surface area (Å²) in [5.74, 6) is 0.115. The molecular formula is C13H17NO4S2. The first-order valence-electron chi connectivity index (χ1n) is 6.50. The summed E-state index contributed by atoms with van der Waals surface area (Å²) in [6, 6.07) is 3.28. The molecule has 2 saturated heterocycles. The molecule has 1 aromatic rings. The van der Waals surface area contributed by atoms with Gasteiger partial charge in [-0.25, -0.2) is 8.42 Å². The van der Waals surface area contributed by atoms with E-state index >= 15 is 0 Å². The molecule has 0 spiro atoms. The minimum Gasteiger partial charge on any atom is -0.379 e. The number of sulfonamides is 1. The third-order valence-corrected chi connectivity index (χ3v) is 7.05. The van der Waals surface area contributed by atoms with Gasteiger partial charge in [0.2, 0.25) is 0 Å². The molecule has 7 heteroatoms. The number of rotatable bonds is 5. The second-order valence-corrected chi connectivity index (χ2v) is 8.00. The maximum Gasteiger partial charge on any atom is 0.252 e. The van der Waals surface area contributed by atoms with Crippen molar-refractivity contribution in [2.75, 3.05) is 26.4 Å². The molecule has 0 aromatic carbocycles. The molecule has 3 rings (SSSR count). The van der Waals surface area contributed by atoms with Gasteiger partial charge >= 0.3 is 0 Å². The highest BCUT2D eigenvalue weighted by atomic mass is 32.2. The summed E-state index contributed by atoms with van der Waals surface area (Å²) >= 11 is 1.24. The van der Waals surface area contributed by atoms with E-state index < -0.39 is 10.0 Å². The molecule has 2 aliphatic heterocycles. The molecule has 5 nitrogen and oxygen atoms in total. The first-order valence-corrected chi connectivity index (χ1v) is 8.82. The van der Waals surface area contributed by atoms with E-state index in [-0.39, 0.29) is 18.1 Å². The molecule has 0 bridgehead atoms. The van der Waals surface area contributed by atoms with Crippen molar-refractivity contribution in [3.8, 4) is 0 Å². The predicted octanol–water partition coefficient (Wildman–Crippen LogP) is 1.34. The molecule has 0 saturated carbocycles. The summed E-state index contributed by atoms with van der Waals surface area (Å²) in [6.45, 7) is 5.46. The summed E-state index contributed by atoms with van der Waals surface area (Å²) in [5, 5.41) is 1.78. The summed E-state index contributed by atoms with van der Waals surface area (Å²) in [7, 11) is -3.44. The summed E-state index contributed by atoms with van der Waals surface area (Å²) in [6.07, 6.45) is 1.57. The van der Waals surface area contributed by atoms with Crippen LogP contribution in [-0.4, -0.2) is 51.2 Å². The van der Waals surface area contributed by atoms with Gasteiger partial charge in [0.1, 0.15) is 4.21 Å². The number of ether oxygens (including phenoxy) is 2. The van der Waals surface area contributed by atoms with Crippen molar-refractivity contribution in [1.29, 1.82) is 0 Å². The van der Waals surface area contributed by atoms with E-state index in [1.165, 1.54) is 11.3 Å². The van der Waals surface area contributed by atoms with E-state index in [9.17, 15) is 8.42 Å². The molecule has 3 atom stereocenters. The van der Waals surface area contributed by atoms with Crippen molar-refractivity contribution in [2.45, 2.75) is 16.4 Å². The predicted molar refractivity (Wildman–Crippen MR) is 76.2 cm³/mol. The summed E-state index contributed by atoms with van der Waals surface area (Å²) in [4.78, 5) is 0. The molecule has 0 radical (unpaired) electrons. The molecule has 0 unspecified atom stereocenters. The highest BCUT2D eigenvalue weighted by molar-refractivity contribution is 7.91. The third-order valence-electron chi connectivity index (χ3n) is 3.79. The van der Waals surface area contributed by atoms with Gasteiger partial charge in [0, 0.05) is 12.5 Å². The molecular weight excluding hydrogens is 298 g/mol. The van der Waals surface area contributed by atoms with E-state index in [4.69, 9.17) is 9.47 Å². The fraction of sp³-hybridized carbons (Fsp3) is 0.538. The smallest absolute Gasteiger partial charge is 0.252 e. The Hall–Kier alpha value is -0.730. The number of thiophene rings is 1. The van der Waals surface area contributed by atoms with Crippen LogP contribution in [0.2, 0.25) is 0 Å². The molecule has 0 amide bonds. The number of hydrogen-bond acceptors (Lipinski definition) is 5. The van der Waals surface area contributed by atoms with Gasteiger partial charge in [0.25, 0.3) is 10.0 Å². The SMILES string of the molecule is C=CCO[C@H]1CN(S(=O)(=O)c2cccs2)[C@H]2COC[C@@H]12. The van der Waals surface area contributed by atoms with Crippen LogP contribution in [-0.2, 0) is 19.5 Å². The number of nitrogens with zero attached hydrogens (tertiary/aromatic N) is 1. The van der Waals surface area contributed by atoms with Crippen molar-refractivity contribution in [2.24, 2.45) is 5.92 Å². The number of fused-ring (bicyclic) bond motifs is 1. The summed E-state index contributed by atoms with van der Waals surface area (Å²) < 4.78 is 38.4. The van der Waals surface area contributed by atoms with E-state index in [0.717, 1.165) is 0 Å². The standard InChI is InChI=1S/C13H17NO4S2/c1-2-5-18-12-7-14(11-9-17-8-10(11)12)20(15,16)13-4-3-6-19-13/h2-4,6,10-12H,1,5,7-9H2/t10-,11+,12+/m1/s1. The van der Waals surface area contributed by atoms with Crippen LogP contribution in [0.3, 0.4) is 0 Å². The van der Waals surface area contributed by atoms with Crippen molar-refractivity contribution in [1.82, 2.24) is 4.31 Å². The van der Waals surface area contributed by atoms with Gasteiger partial charge in [-0.15, -0.1) is 17.9 Å². The molecule has 2 aliphatic rings. The maximum atomic E-state index is 12.7. The van der Waals surface area contributed by atoms with Crippen LogP contribution >= 0.6 is 11.3 Å². The lowest BCUT2D eigenvalue weighted by atomic mass is 10.0. The summed E-state index contributed by atoms with van der Waals surface area (Å²) in [5.41, 5.74) is 0. The van der Waals surface area contributed by atoms with Crippen molar-refractivity contribution in [3.05, 3.63) is 30.2 Å². The quantitative estimate of drug-likeness (QED) is 0.770. The van der Waals surface area contributed by atoms with Gasteiger partial charge in [0.05, 0.1) is 32.0 Å². The Kier molecular flexibility index (Phi) is 3.96. The van der Waals surface area contributed by atoms with Crippen molar-refractivity contribution in [3.63, 3.8) is 0 Å². The molecule has 2 fully saturated rings. The van der Waals surface area contributed by atoms with Crippen LogP contribution in [0, 0.1) is 5.92 Å². The Morgan fingerprint density at radius 3 is 3.10 bits per heavy atom. The van der Waals surface area contributed by atoms with Crippen LogP contribution in [0.1, 0.15) is 0 Å². The Labute approximate surface area is 122 Å². The van der Waals surface area contributed by atoms with Gasteiger partial charge in [-0.05, 0) is 11.4 Å². The van der Waals surface area contributed by atoms with Crippen LogP contribution in [0.5, 0.6) is 0 Å². The fourth-order valence-electron chi connectivity index (χ4n) is 2.83. The lowest BCUT2D eigenvalue weighted by Crippen LogP contribution is -2.37. The van der Waals surface area contributed by atoms with Crippen molar-refractivity contribution >= 4 is 21.4 Å². The molecule has 0 aliphatic carbocycles. The van der Waals surface area contributed by atoms with Gasteiger partial charge in [-0.2, -0.15) is 4.31 Å². The zero-order valence-electron chi connectivity index (χ0n) is 11.0. The molecule has 3 heterocycles. The first-order chi connectivity index (χ1) is 9.64. The Balaban J connectivity index is 1.85. The normalized spacial score (nSPS) is 30.5. The van der Waals surface area contributed by atoms with Crippen LogP contribution in [0.15, 0.2) is 34.4 Å². The molecule has 0 N–H and O–H groups in total. The maximum absolute atomic E-state index is 12.7.